The van der Waals surface area contributed by atoms with Gasteiger partial charge < -0.3 is 19.6 Å². The molecule has 0 radical (unpaired) electrons. The molecule has 0 bridgehead atoms. The lowest BCUT2D eigenvalue weighted by atomic mass is 10.1. The third-order valence-electron chi connectivity index (χ3n) is 5.30. The maximum absolute atomic E-state index is 13.7. The van der Waals surface area contributed by atoms with E-state index < -0.39 is 29.2 Å². The number of anilines is 2. The molecule has 0 spiro atoms. The predicted octanol–water partition coefficient (Wildman–Crippen LogP) is 5.92. The molecule has 2 amide bonds. The Morgan fingerprint density at radius 3 is 2.51 bits per heavy atom. The molecule has 0 atom stereocenters. The summed E-state index contributed by atoms with van der Waals surface area (Å²) >= 11 is 0. The van der Waals surface area contributed by atoms with Gasteiger partial charge in [0.15, 0.2) is 5.76 Å². The smallest absolute Gasteiger partial charge is 0.418 e. The quantitative estimate of drug-likeness (QED) is 0.321. The molecule has 2 heterocycles. The minimum atomic E-state index is -4.84. The van der Waals surface area contributed by atoms with Crippen molar-refractivity contribution in [1.29, 1.82) is 5.26 Å². The molecule has 0 aliphatic carbocycles. The van der Waals surface area contributed by atoms with Gasteiger partial charge in [-0.15, -0.1) is 0 Å². The van der Waals surface area contributed by atoms with Gasteiger partial charge in [-0.25, -0.2) is 0 Å². The zero-order chi connectivity index (χ0) is 25.8. The van der Waals surface area contributed by atoms with Gasteiger partial charge in [0, 0.05) is 23.6 Å². The summed E-state index contributed by atoms with van der Waals surface area (Å²) in [6, 6.07) is 9.33. The van der Waals surface area contributed by atoms with Crippen LogP contribution in [0.25, 0.3) is 6.08 Å². The summed E-state index contributed by atoms with van der Waals surface area (Å²) in [6.07, 6.45) is -1.33. The monoisotopic (exact) mass is 484 g/mol. The van der Waals surface area contributed by atoms with Crippen molar-refractivity contribution in [3.8, 4) is 6.07 Å². The molecule has 3 rings (SSSR count). The molecule has 0 aliphatic rings. The van der Waals surface area contributed by atoms with E-state index in [0.717, 1.165) is 30.4 Å². The predicted molar refractivity (Wildman–Crippen MR) is 125 cm³/mol. The normalized spacial score (nSPS) is 11.7. The van der Waals surface area contributed by atoms with Gasteiger partial charge >= 0.3 is 6.18 Å². The first kappa shape index (κ1) is 25.4. The average Bonchev–Trinajstić information content (AvgIpc) is 3.42. The maximum Gasteiger partial charge on any atom is 0.418 e. The van der Waals surface area contributed by atoms with E-state index in [9.17, 15) is 28.0 Å². The van der Waals surface area contributed by atoms with Crippen LogP contribution < -0.4 is 10.6 Å². The molecule has 0 saturated heterocycles. The lowest BCUT2D eigenvalue weighted by Crippen LogP contribution is -2.18. The Morgan fingerprint density at radius 1 is 1.17 bits per heavy atom. The lowest BCUT2D eigenvalue weighted by Gasteiger charge is -2.15. The Hall–Kier alpha value is -4.26. The Kier molecular flexibility index (Phi) is 7.49. The van der Waals surface area contributed by atoms with E-state index in [2.05, 4.69) is 10.6 Å². The zero-order valence-electron chi connectivity index (χ0n) is 19.3. The van der Waals surface area contributed by atoms with Crippen LogP contribution in [0.5, 0.6) is 0 Å². The summed E-state index contributed by atoms with van der Waals surface area (Å²) in [5, 5.41) is 14.0. The molecule has 1 aromatic carbocycles. The highest BCUT2D eigenvalue weighted by atomic mass is 19.4. The molecule has 0 fully saturated rings. The van der Waals surface area contributed by atoms with Gasteiger partial charge in [0.1, 0.15) is 11.6 Å². The number of nitriles is 1. The van der Waals surface area contributed by atoms with Gasteiger partial charge in [-0.2, -0.15) is 18.4 Å². The third kappa shape index (κ3) is 5.81. The molecule has 2 N–H and O–H groups in total. The molecule has 0 saturated carbocycles. The van der Waals surface area contributed by atoms with E-state index in [1.807, 2.05) is 31.4 Å². The number of benzene rings is 1. The molecule has 0 unspecified atom stereocenters. The maximum atomic E-state index is 13.7. The standard InChI is InChI=1S/C25H23F3N4O3/c1-4-9-32-15(2)11-17(16(32)3)12-18(14-29)23(33)31-21-8-7-19(13-20(21)25(26,27)28)30-24(34)22-6-5-10-35-22/h5-8,10-13H,4,9H2,1-3H3,(H,30,34)(H,31,33)/b18-12+. The van der Waals surface area contributed by atoms with Gasteiger partial charge in [0.05, 0.1) is 17.5 Å². The number of aryl methyl sites for hydroxylation is 1. The molecule has 10 heteroatoms. The van der Waals surface area contributed by atoms with Crippen LogP contribution >= 0.6 is 0 Å². The van der Waals surface area contributed by atoms with Crippen molar-refractivity contribution in [2.24, 2.45) is 0 Å². The van der Waals surface area contributed by atoms with Crippen LogP contribution in [0.15, 0.2) is 52.7 Å². The Morgan fingerprint density at radius 2 is 1.91 bits per heavy atom. The summed E-state index contributed by atoms with van der Waals surface area (Å²) < 4.78 is 48.1. The highest BCUT2D eigenvalue weighted by Crippen LogP contribution is 2.37. The van der Waals surface area contributed by atoms with Gasteiger partial charge in [0.25, 0.3) is 11.8 Å². The van der Waals surface area contributed by atoms with Crippen molar-refractivity contribution in [2.75, 3.05) is 10.6 Å². The van der Waals surface area contributed by atoms with Crippen LogP contribution in [-0.2, 0) is 17.5 Å². The largest absolute Gasteiger partial charge is 0.459 e. The van der Waals surface area contributed by atoms with E-state index in [4.69, 9.17) is 4.42 Å². The molecule has 0 aliphatic heterocycles. The van der Waals surface area contributed by atoms with Crippen LogP contribution in [0.3, 0.4) is 0 Å². The van der Waals surface area contributed by atoms with Gasteiger partial charge in [-0.1, -0.05) is 6.92 Å². The summed E-state index contributed by atoms with van der Waals surface area (Å²) in [6.45, 7) is 6.53. The van der Waals surface area contributed by atoms with E-state index in [1.165, 1.54) is 30.5 Å². The Bertz CT molecular complexity index is 1310. The molecule has 2 aromatic heterocycles. The molecule has 7 nitrogen and oxygen atoms in total. The van der Waals surface area contributed by atoms with E-state index in [1.54, 1.807) is 6.07 Å². The highest BCUT2D eigenvalue weighted by Gasteiger charge is 2.34. The first-order valence-corrected chi connectivity index (χ1v) is 10.7. The number of alkyl halides is 3. The number of rotatable bonds is 7. The number of halogens is 3. The fraction of sp³-hybridized carbons (Fsp3) is 0.240. The summed E-state index contributed by atoms with van der Waals surface area (Å²) in [5.41, 5.74) is 0.214. The second kappa shape index (κ2) is 10.3. The molecule has 3 aromatic rings. The molecular weight excluding hydrogens is 461 g/mol. The number of hydrogen-bond acceptors (Lipinski definition) is 4. The fourth-order valence-corrected chi connectivity index (χ4v) is 3.60. The van der Waals surface area contributed by atoms with Crippen molar-refractivity contribution in [3.05, 3.63) is 76.5 Å². The van der Waals surface area contributed by atoms with Gasteiger partial charge in [-0.3, -0.25) is 9.59 Å². The molecule has 35 heavy (non-hydrogen) atoms. The summed E-state index contributed by atoms with van der Waals surface area (Å²) in [5.74, 6) is -1.78. The highest BCUT2D eigenvalue weighted by molar-refractivity contribution is 6.10. The number of carbonyl (C=O) groups excluding carboxylic acids is 2. The van der Waals surface area contributed by atoms with E-state index >= 15 is 0 Å². The fourth-order valence-electron chi connectivity index (χ4n) is 3.60. The van der Waals surface area contributed by atoms with Crippen molar-refractivity contribution in [3.63, 3.8) is 0 Å². The van der Waals surface area contributed by atoms with Crippen LogP contribution in [0.4, 0.5) is 24.5 Å². The minimum absolute atomic E-state index is 0.0713. The number of amides is 2. The van der Waals surface area contributed by atoms with E-state index in [-0.39, 0.29) is 17.0 Å². The molecule has 182 valence electrons. The number of nitrogens with zero attached hydrogens (tertiary/aromatic N) is 2. The lowest BCUT2D eigenvalue weighted by molar-refractivity contribution is -0.136. The number of nitrogens with one attached hydrogen (secondary N) is 2. The van der Waals surface area contributed by atoms with Crippen LogP contribution in [0.2, 0.25) is 0 Å². The average molecular weight is 484 g/mol. The molecular formula is C25H23F3N4O3. The number of aromatic nitrogens is 1. The summed E-state index contributed by atoms with van der Waals surface area (Å²) in [7, 11) is 0. The minimum Gasteiger partial charge on any atom is -0.459 e. The van der Waals surface area contributed by atoms with Gasteiger partial charge in [-0.05, 0) is 68.3 Å². The van der Waals surface area contributed by atoms with Crippen molar-refractivity contribution in [1.82, 2.24) is 4.57 Å². The second-order valence-electron chi connectivity index (χ2n) is 7.79. The first-order chi connectivity index (χ1) is 16.5. The first-order valence-electron chi connectivity index (χ1n) is 10.7. The Balaban J connectivity index is 1.88. The number of hydrogen-bond donors (Lipinski definition) is 2. The third-order valence-corrected chi connectivity index (χ3v) is 5.30. The van der Waals surface area contributed by atoms with E-state index in [0.29, 0.717) is 11.6 Å². The van der Waals surface area contributed by atoms with Crippen LogP contribution in [0, 0.1) is 25.2 Å². The SMILES string of the molecule is CCCn1c(C)cc(/C=C(\C#N)C(=O)Nc2ccc(NC(=O)c3ccco3)cc2C(F)(F)F)c1C. The van der Waals surface area contributed by atoms with Crippen molar-refractivity contribution < 1.29 is 27.2 Å². The number of carbonyl (C=O) groups is 2. The zero-order valence-corrected chi connectivity index (χ0v) is 19.3. The Labute approximate surface area is 199 Å². The topological polar surface area (TPSA) is 100 Å². The van der Waals surface area contributed by atoms with Gasteiger partial charge in [0.2, 0.25) is 0 Å². The van der Waals surface area contributed by atoms with Crippen LogP contribution in [-0.4, -0.2) is 16.4 Å². The second-order valence-corrected chi connectivity index (χ2v) is 7.79. The van der Waals surface area contributed by atoms with Crippen LogP contribution in [0.1, 0.15) is 46.4 Å². The van der Waals surface area contributed by atoms with Crippen molar-refractivity contribution in [2.45, 2.75) is 39.9 Å². The number of furan rings is 1. The van der Waals surface area contributed by atoms with Crippen molar-refractivity contribution >= 4 is 29.3 Å². The summed E-state index contributed by atoms with van der Waals surface area (Å²) in [4.78, 5) is 24.8.